The number of hydrogen-bond donors (Lipinski definition) is 0. The Morgan fingerprint density at radius 1 is 0.467 bits per heavy atom. The van der Waals surface area contributed by atoms with Gasteiger partial charge < -0.3 is 31.3 Å². The fraction of sp³-hybridized carbons (Fsp3) is 1.00. The van der Waals surface area contributed by atoms with Crippen molar-refractivity contribution in [3.63, 3.8) is 0 Å². The van der Waals surface area contributed by atoms with Crippen LogP contribution in [0.3, 0.4) is 0 Å². The van der Waals surface area contributed by atoms with E-state index in [1.807, 2.05) is 20.8 Å². The molecule has 0 aromatic rings. The summed E-state index contributed by atoms with van der Waals surface area (Å²) in [7, 11) is -4.04. The van der Waals surface area contributed by atoms with Gasteiger partial charge in [-0.25, -0.2) is 0 Å². The molecule has 0 amide bonds. The average Bonchev–Trinajstić information content (AvgIpc) is 2.78. The van der Waals surface area contributed by atoms with Gasteiger partial charge in [-0.1, -0.05) is 20.8 Å². The van der Waals surface area contributed by atoms with Crippen LogP contribution in [-0.4, -0.2) is 79.5 Å². The van der Waals surface area contributed by atoms with Gasteiger partial charge in [-0.2, -0.15) is 0 Å². The molecule has 7 nitrogen and oxygen atoms in total. The van der Waals surface area contributed by atoms with Gasteiger partial charge >= 0.3 is 25.7 Å². The fourth-order valence-electron chi connectivity index (χ4n) is 3.41. The van der Waals surface area contributed by atoms with Crippen molar-refractivity contribution in [3.8, 4) is 0 Å². The summed E-state index contributed by atoms with van der Waals surface area (Å²) in [6, 6.07) is 4.92. The van der Waals surface area contributed by atoms with Crippen molar-refractivity contribution in [2.75, 3.05) is 53.9 Å². The quantitative estimate of drug-likeness (QED) is 0.171. The number of ether oxygens (including phenoxy) is 3. The summed E-state index contributed by atoms with van der Waals surface area (Å²) in [5.74, 6) is 0. The summed E-state index contributed by atoms with van der Waals surface area (Å²) in [6.45, 7) is 16.5. The highest BCUT2D eigenvalue weighted by Crippen LogP contribution is 2.34. The van der Waals surface area contributed by atoms with Crippen LogP contribution >= 0.6 is 0 Å². The SMILES string of the molecule is CCOCC[Si](CC)(OC)O[Si](CC)(CCOCC)O[Si](CC)(CCOCC)OC. The Kier molecular flexibility index (Phi) is 17.1. The molecule has 0 aliphatic rings. The van der Waals surface area contributed by atoms with E-state index >= 15 is 0 Å². The van der Waals surface area contributed by atoms with Crippen LogP contribution in [0.25, 0.3) is 0 Å². The molecule has 0 bridgehead atoms. The maximum atomic E-state index is 7.02. The summed E-state index contributed by atoms with van der Waals surface area (Å²) in [5.41, 5.74) is 0. The monoisotopic (exact) mass is 484 g/mol. The highest BCUT2D eigenvalue weighted by atomic mass is 28.5. The van der Waals surface area contributed by atoms with Crippen molar-refractivity contribution in [3.05, 3.63) is 0 Å². The number of rotatable bonds is 21. The molecule has 2 atom stereocenters. The van der Waals surface area contributed by atoms with Crippen LogP contribution in [-0.2, 0) is 31.3 Å². The molecule has 0 saturated carbocycles. The molecule has 0 radical (unpaired) electrons. The van der Waals surface area contributed by atoms with Crippen LogP contribution < -0.4 is 0 Å². The van der Waals surface area contributed by atoms with Crippen LogP contribution in [0.1, 0.15) is 41.5 Å². The molecule has 0 heterocycles. The lowest BCUT2D eigenvalue weighted by atomic mass is 10.8. The molecule has 30 heavy (non-hydrogen) atoms. The first-order valence-electron chi connectivity index (χ1n) is 11.6. The third-order valence-electron chi connectivity index (χ3n) is 5.60. The minimum atomic E-state index is -2.64. The van der Waals surface area contributed by atoms with Gasteiger partial charge in [-0.05, 0) is 38.9 Å². The predicted molar refractivity (Wildman–Crippen MR) is 129 cm³/mol. The molecule has 0 aromatic carbocycles. The van der Waals surface area contributed by atoms with Gasteiger partial charge in [0.05, 0.1) is 0 Å². The molecule has 182 valence electrons. The van der Waals surface area contributed by atoms with Crippen molar-refractivity contribution in [2.45, 2.75) is 77.8 Å². The van der Waals surface area contributed by atoms with E-state index in [9.17, 15) is 0 Å². The molecule has 0 spiro atoms. The molecule has 0 saturated heterocycles. The van der Waals surface area contributed by atoms with Gasteiger partial charge in [-0.3, -0.25) is 0 Å². The van der Waals surface area contributed by atoms with Crippen LogP contribution in [0.2, 0.25) is 36.3 Å². The molecule has 2 unspecified atom stereocenters. The van der Waals surface area contributed by atoms with E-state index in [0.29, 0.717) is 39.6 Å². The summed E-state index contributed by atoms with van der Waals surface area (Å²) in [4.78, 5) is 0. The van der Waals surface area contributed by atoms with E-state index in [1.165, 1.54) is 0 Å². The summed E-state index contributed by atoms with van der Waals surface area (Å²) >= 11 is 0. The van der Waals surface area contributed by atoms with E-state index in [0.717, 1.165) is 36.3 Å². The number of hydrogen-bond acceptors (Lipinski definition) is 7. The van der Waals surface area contributed by atoms with Gasteiger partial charge in [0.25, 0.3) is 0 Å². The second kappa shape index (κ2) is 16.9. The second-order valence-corrected chi connectivity index (χ2v) is 18.8. The lowest BCUT2D eigenvalue weighted by molar-refractivity contribution is 0.138. The van der Waals surface area contributed by atoms with Gasteiger partial charge in [0.15, 0.2) is 0 Å². The largest absolute Gasteiger partial charge is 0.415 e. The normalized spacial score (nSPS) is 18.0. The molecule has 0 rings (SSSR count). The molecule has 0 aromatic heterocycles. The van der Waals surface area contributed by atoms with E-state index in [-0.39, 0.29) is 0 Å². The smallest absolute Gasteiger partial charge is 0.331 e. The van der Waals surface area contributed by atoms with Crippen LogP contribution in [0, 0.1) is 0 Å². The Bertz CT molecular complexity index is 380. The third kappa shape index (κ3) is 10.3. The zero-order valence-electron chi connectivity index (χ0n) is 20.8. The Morgan fingerprint density at radius 3 is 1.00 bits per heavy atom. The van der Waals surface area contributed by atoms with E-state index in [4.69, 9.17) is 31.3 Å². The lowest BCUT2D eigenvalue weighted by Gasteiger charge is -2.44. The first kappa shape index (κ1) is 30.4. The Morgan fingerprint density at radius 2 is 0.767 bits per heavy atom. The average molecular weight is 485 g/mol. The van der Waals surface area contributed by atoms with Crippen LogP contribution in [0.15, 0.2) is 0 Å². The highest BCUT2D eigenvalue weighted by molar-refractivity contribution is 6.87. The molecule has 0 fully saturated rings. The van der Waals surface area contributed by atoms with E-state index in [1.54, 1.807) is 14.2 Å². The summed E-state index contributed by atoms with van der Waals surface area (Å²) < 4.78 is 43.2. The molecule has 0 aliphatic carbocycles. The topological polar surface area (TPSA) is 64.6 Å². The molecular weight excluding hydrogens is 436 g/mol. The zero-order valence-corrected chi connectivity index (χ0v) is 23.8. The van der Waals surface area contributed by atoms with Crippen LogP contribution in [0.5, 0.6) is 0 Å². The molecule has 10 heteroatoms. The van der Waals surface area contributed by atoms with E-state index in [2.05, 4.69) is 20.8 Å². The highest BCUT2D eigenvalue weighted by Gasteiger charge is 2.51. The van der Waals surface area contributed by atoms with Crippen LogP contribution in [0.4, 0.5) is 0 Å². The molecular formula is C20H48O7Si3. The fourth-order valence-corrected chi connectivity index (χ4v) is 17.4. The van der Waals surface area contributed by atoms with Gasteiger partial charge in [0.1, 0.15) is 0 Å². The van der Waals surface area contributed by atoms with Gasteiger partial charge in [0, 0.05) is 72.0 Å². The van der Waals surface area contributed by atoms with Crippen molar-refractivity contribution >= 4 is 25.7 Å². The summed E-state index contributed by atoms with van der Waals surface area (Å²) in [6.07, 6.45) is 0. The van der Waals surface area contributed by atoms with E-state index < -0.39 is 25.7 Å². The first-order chi connectivity index (χ1) is 14.4. The minimum Gasteiger partial charge on any atom is -0.415 e. The maximum absolute atomic E-state index is 7.02. The molecule has 0 aliphatic heterocycles. The van der Waals surface area contributed by atoms with Gasteiger partial charge in [0.2, 0.25) is 0 Å². The summed E-state index contributed by atoms with van der Waals surface area (Å²) in [5, 5.41) is 0. The minimum absolute atomic E-state index is 0.628. The van der Waals surface area contributed by atoms with Crippen molar-refractivity contribution < 1.29 is 31.3 Å². The van der Waals surface area contributed by atoms with Crippen molar-refractivity contribution in [1.29, 1.82) is 0 Å². The predicted octanol–water partition coefficient (Wildman–Crippen LogP) is 4.81. The van der Waals surface area contributed by atoms with Gasteiger partial charge in [-0.15, -0.1) is 0 Å². The second-order valence-electron chi connectivity index (χ2n) is 7.25. The molecule has 0 N–H and O–H groups in total. The zero-order chi connectivity index (χ0) is 22.9. The maximum Gasteiger partial charge on any atom is 0.331 e. The Balaban J connectivity index is 5.80. The Labute approximate surface area is 188 Å². The Hall–Kier alpha value is 0.371. The van der Waals surface area contributed by atoms with Crippen molar-refractivity contribution in [1.82, 2.24) is 0 Å². The van der Waals surface area contributed by atoms with Crippen molar-refractivity contribution in [2.24, 2.45) is 0 Å². The third-order valence-corrected chi connectivity index (χ3v) is 19.2. The first-order valence-corrected chi connectivity index (χ1v) is 18.3. The standard InChI is InChI=1S/C20H48O7Si3/c1-9-23-15-18-28(12-4,21-7)26-30(14-6,20-17-25-11-3)27-29(13-5,22-8)19-16-24-10-2/h9-20H2,1-8H3. The lowest BCUT2D eigenvalue weighted by Crippen LogP contribution is -2.61.